The van der Waals surface area contributed by atoms with Crippen LogP contribution in [0.15, 0.2) is 51.7 Å². The Labute approximate surface area is 147 Å². The van der Waals surface area contributed by atoms with Gasteiger partial charge in [-0.15, -0.1) is 0 Å². The zero-order chi connectivity index (χ0) is 18.4. The van der Waals surface area contributed by atoms with Crippen LogP contribution in [0.2, 0.25) is 0 Å². The molecule has 134 valence electrons. The summed E-state index contributed by atoms with van der Waals surface area (Å²) in [5.41, 5.74) is 13.9. The maximum atomic E-state index is 13.3. The van der Waals surface area contributed by atoms with E-state index in [0.717, 1.165) is 6.54 Å². The number of benzene rings is 1. The van der Waals surface area contributed by atoms with Crippen molar-refractivity contribution in [3.8, 4) is 0 Å². The number of rotatable bonds is 7. The number of halogens is 1. The van der Waals surface area contributed by atoms with E-state index in [1.165, 1.54) is 31.2 Å². The van der Waals surface area contributed by atoms with Crippen molar-refractivity contribution in [1.29, 1.82) is 0 Å². The monoisotopic (exact) mass is 344 g/mol. The van der Waals surface area contributed by atoms with Crippen LogP contribution in [0.4, 0.5) is 10.1 Å². The fourth-order valence-corrected chi connectivity index (χ4v) is 2.27. The van der Waals surface area contributed by atoms with E-state index >= 15 is 0 Å². The summed E-state index contributed by atoms with van der Waals surface area (Å²) in [7, 11) is 0. The van der Waals surface area contributed by atoms with Gasteiger partial charge in [0.05, 0.1) is 11.4 Å². The minimum Gasteiger partial charge on any atom is -0.404 e. The van der Waals surface area contributed by atoms with Crippen molar-refractivity contribution in [2.75, 3.05) is 6.54 Å². The molecule has 5 N–H and O–H groups in total. The summed E-state index contributed by atoms with van der Waals surface area (Å²) in [4.78, 5) is 8.78. The Kier molecular flexibility index (Phi) is 6.47. The van der Waals surface area contributed by atoms with E-state index < -0.39 is 6.10 Å². The summed E-state index contributed by atoms with van der Waals surface area (Å²) >= 11 is 0. The molecule has 0 saturated heterocycles. The number of nitrogens with zero attached hydrogens (tertiary/aromatic N) is 2. The quantitative estimate of drug-likeness (QED) is 0.663. The van der Waals surface area contributed by atoms with Gasteiger partial charge in [-0.3, -0.25) is 4.99 Å². The highest BCUT2D eigenvalue weighted by Crippen LogP contribution is 2.28. The molecule has 6 heteroatoms. The Bertz CT molecular complexity index is 729. The smallest absolute Gasteiger partial charge is 0.124 e. The third-order valence-electron chi connectivity index (χ3n) is 3.87. The maximum absolute atomic E-state index is 13.3. The molecule has 0 bridgehead atoms. The largest absolute Gasteiger partial charge is 0.404 e. The van der Waals surface area contributed by atoms with Gasteiger partial charge < -0.3 is 16.6 Å². The van der Waals surface area contributed by atoms with Gasteiger partial charge in [0.15, 0.2) is 0 Å². The topological polar surface area (TPSA) is 97.0 Å². The Morgan fingerprint density at radius 3 is 2.72 bits per heavy atom. The summed E-state index contributed by atoms with van der Waals surface area (Å²) in [6.45, 7) is 4.19. The second kappa shape index (κ2) is 8.58. The van der Waals surface area contributed by atoms with Crippen LogP contribution in [0.1, 0.15) is 25.3 Å². The van der Waals surface area contributed by atoms with Crippen LogP contribution in [0.3, 0.4) is 0 Å². The van der Waals surface area contributed by atoms with Crippen LogP contribution in [-0.4, -0.2) is 29.7 Å². The van der Waals surface area contributed by atoms with E-state index in [1.54, 1.807) is 32.2 Å². The lowest BCUT2D eigenvalue weighted by molar-refractivity contribution is 0.284. The van der Waals surface area contributed by atoms with Crippen molar-refractivity contribution in [2.24, 2.45) is 27.4 Å². The van der Waals surface area contributed by atoms with Crippen molar-refractivity contribution in [3.05, 3.63) is 53.1 Å². The number of nitrogens with two attached hydrogens (primary N) is 2. The second-order valence-corrected chi connectivity index (χ2v) is 6.36. The van der Waals surface area contributed by atoms with Gasteiger partial charge in [-0.2, -0.15) is 0 Å². The average Bonchev–Trinajstić information content (AvgIpc) is 3.36. The maximum Gasteiger partial charge on any atom is 0.124 e. The molecule has 1 fully saturated rings. The molecule has 5 nitrogen and oxygen atoms in total. The van der Waals surface area contributed by atoms with Gasteiger partial charge in [0.25, 0.3) is 0 Å². The SMILES string of the molecule is CC(N)=CC(=Nc1ccc(F)cc1C)C(O)C(C=NCC1CC1)=CN. The number of allylic oxidation sites excluding steroid dienone is 1. The lowest BCUT2D eigenvalue weighted by Crippen LogP contribution is -2.24. The van der Waals surface area contributed by atoms with Crippen LogP contribution in [0, 0.1) is 18.7 Å². The first kappa shape index (κ1) is 18.9. The van der Waals surface area contributed by atoms with Crippen LogP contribution >= 0.6 is 0 Å². The van der Waals surface area contributed by atoms with E-state index in [4.69, 9.17) is 11.5 Å². The third-order valence-corrected chi connectivity index (χ3v) is 3.87. The zero-order valence-corrected chi connectivity index (χ0v) is 14.6. The molecule has 0 aromatic heterocycles. The standard InChI is InChI=1S/C19H25FN4O/c1-12-7-16(20)5-6-17(12)24-18(8-13(2)22)19(25)15(9-21)11-23-10-14-3-4-14/h5-9,11,14,19,25H,3-4,10,21-22H2,1-2H3. The molecule has 1 saturated carbocycles. The Morgan fingerprint density at radius 1 is 1.44 bits per heavy atom. The fourth-order valence-electron chi connectivity index (χ4n) is 2.27. The molecule has 25 heavy (non-hydrogen) atoms. The summed E-state index contributed by atoms with van der Waals surface area (Å²) in [5.74, 6) is 0.312. The van der Waals surface area contributed by atoms with E-state index in [9.17, 15) is 9.50 Å². The Balaban J connectivity index is 2.29. The summed E-state index contributed by atoms with van der Waals surface area (Å²) in [6.07, 6.45) is 5.80. The molecular formula is C19H25FN4O. The number of aryl methyl sites for hydroxylation is 1. The van der Waals surface area contributed by atoms with Crippen LogP contribution < -0.4 is 11.5 Å². The van der Waals surface area contributed by atoms with Crippen LogP contribution in [0.5, 0.6) is 0 Å². The molecule has 1 aliphatic rings. The highest BCUT2D eigenvalue weighted by atomic mass is 19.1. The molecular weight excluding hydrogens is 319 g/mol. The molecule has 0 heterocycles. The van der Waals surface area contributed by atoms with Gasteiger partial charge in [-0.1, -0.05) is 0 Å². The van der Waals surface area contributed by atoms with Gasteiger partial charge in [0, 0.05) is 30.2 Å². The highest BCUT2D eigenvalue weighted by molar-refractivity contribution is 6.06. The van der Waals surface area contributed by atoms with Crippen molar-refractivity contribution in [2.45, 2.75) is 32.8 Å². The molecule has 2 rings (SSSR count). The Hall–Kier alpha value is -2.47. The number of aliphatic hydroxyl groups is 1. The summed E-state index contributed by atoms with van der Waals surface area (Å²) < 4.78 is 13.3. The van der Waals surface area contributed by atoms with Gasteiger partial charge in [0.1, 0.15) is 11.9 Å². The lowest BCUT2D eigenvalue weighted by Gasteiger charge is -2.13. The van der Waals surface area contributed by atoms with Crippen molar-refractivity contribution < 1.29 is 9.50 Å². The molecule has 1 aromatic carbocycles. The molecule has 1 unspecified atom stereocenters. The van der Waals surface area contributed by atoms with Crippen LogP contribution in [-0.2, 0) is 0 Å². The molecule has 0 spiro atoms. The third kappa shape index (κ3) is 5.83. The first-order valence-electron chi connectivity index (χ1n) is 8.29. The number of aliphatic hydroxyl groups excluding tert-OH is 1. The zero-order valence-electron chi connectivity index (χ0n) is 14.6. The van der Waals surface area contributed by atoms with Gasteiger partial charge in [-0.05, 0) is 62.4 Å². The number of aliphatic imine (C=N–C) groups is 2. The van der Waals surface area contributed by atoms with Crippen molar-refractivity contribution in [1.82, 2.24) is 0 Å². The molecule has 0 radical (unpaired) electrons. The van der Waals surface area contributed by atoms with Gasteiger partial charge in [0.2, 0.25) is 0 Å². The summed E-state index contributed by atoms with van der Waals surface area (Å²) in [5, 5.41) is 10.7. The van der Waals surface area contributed by atoms with Gasteiger partial charge >= 0.3 is 0 Å². The van der Waals surface area contributed by atoms with E-state index in [2.05, 4.69) is 9.98 Å². The van der Waals surface area contributed by atoms with Crippen molar-refractivity contribution in [3.63, 3.8) is 0 Å². The predicted molar refractivity (Wildman–Crippen MR) is 101 cm³/mol. The van der Waals surface area contributed by atoms with E-state index in [-0.39, 0.29) is 5.82 Å². The molecule has 0 aliphatic heterocycles. The first-order chi connectivity index (χ1) is 11.9. The van der Waals surface area contributed by atoms with E-state index in [1.807, 2.05) is 0 Å². The van der Waals surface area contributed by atoms with Gasteiger partial charge in [-0.25, -0.2) is 9.38 Å². The Morgan fingerprint density at radius 2 is 2.16 bits per heavy atom. The second-order valence-electron chi connectivity index (χ2n) is 6.36. The highest BCUT2D eigenvalue weighted by Gasteiger charge is 2.20. The predicted octanol–water partition coefficient (Wildman–Crippen LogP) is 2.75. The fraction of sp³-hybridized carbons (Fsp3) is 0.368. The minimum atomic E-state index is -1.07. The average molecular weight is 344 g/mol. The molecule has 1 aliphatic carbocycles. The lowest BCUT2D eigenvalue weighted by atomic mass is 10.1. The van der Waals surface area contributed by atoms with Crippen molar-refractivity contribution >= 4 is 17.6 Å². The number of hydrogen-bond donors (Lipinski definition) is 3. The van der Waals surface area contributed by atoms with Crippen LogP contribution in [0.25, 0.3) is 0 Å². The van der Waals surface area contributed by atoms with E-state index in [0.29, 0.717) is 34.2 Å². The molecule has 1 atom stereocenters. The number of hydrogen-bond acceptors (Lipinski definition) is 5. The minimum absolute atomic E-state index is 0.323. The summed E-state index contributed by atoms with van der Waals surface area (Å²) in [6, 6.07) is 4.27. The molecule has 1 aromatic rings. The molecule has 0 amide bonds. The normalized spacial score (nSPS) is 18.0. The first-order valence-corrected chi connectivity index (χ1v) is 8.29.